The van der Waals surface area contributed by atoms with E-state index < -0.39 is 4.92 Å². The summed E-state index contributed by atoms with van der Waals surface area (Å²) in [5.41, 5.74) is -0.231. The second-order valence-electron chi connectivity index (χ2n) is 1.94. The zero-order valence-electron chi connectivity index (χ0n) is 8.56. The molecule has 1 aromatic rings. The zero-order chi connectivity index (χ0) is 11.1. The van der Waals surface area contributed by atoms with Crippen LogP contribution in [0.2, 0.25) is 5.02 Å². The Morgan fingerprint density at radius 3 is 2.47 bits per heavy atom. The van der Waals surface area contributed by atoms with Gasteiger partial charge in [0.25, 0.3) is 5.88 Å². The SMILES string of the molecule is COc1ncc(Cl)cc1[N+](=O)[O-].C[O-].[Na+]. The maximum Gasteiger partial charge on any atom is 1.00 e. The maximum atomic E-state index is 10.4. The summed E-state index contributed by atoms with van der Waals surface area (Å²) >= 11 is 5.50. The van der Waals surface area contributed by atoms with Crippen molar-refractivity contribution in [2.75, 3.05) is 14.2 Å². The van der Waals surface area contributed by atoms with Crippen molar-refractivity contribution >= 4 is 17.3 Å². The molecule has 8 heteroatoms. The Morgan fingerprint density at radius 1 is 1.53 bits per heavy atom. The molecule has 1 rings (SSSR count). The third kappa shape index (κ3) is 5.29. The average molecular weight is 243 g/mol. The summed E-state index contributed by atoms with van der Waals surface area (Å²) in [5, 5.41) is 18.8. The van der Waals surface area contributed by atoms with E-state index in [1.54, 1.807) is 0 Å². The Morgan fingerprint density at radius 2 is 2.07 bits per heavy atom. The molecule has 6 nitrogen and oxygen atoms in total. The van der Waals surface area contributed by atoms with Gasteiger partial charge in [0.05, 0.1) is 23.3 Å². The summed E-state index contributed by atoms with van der Waals surface area (Å²) in [6.45, 7) is 0. The summed E-state index contributed by atoms with van der Waals surface area (Å²) in [6, 6.07) is 1.19. The first-order chi connectivity index (χ1) is 6.65. The molecule has 0 N–H and O–H groups in total. The number of hydrogen-bond acceptors (Lipinski definition) is 5. The third-order valence-electron chi connectivity index (χ3n) is 1.19. The summed E-state index contributed by atoms with van der Waals surface area (Å²) in [6.07, 6.45) is 1.29. The summed E-state index contributed by atoms with van der Waals surface area (Å²) in [5.74, 6) is -0.0376. The van der Waals surface area contributed by atoms with Crippen molar-refractivity contribution in [1.29, 1.82) is 0 Å². The largest absolute Gasteiger partial charge is 1.00 e. The molecule has 0 aromatic carbocycles. The van der Waals surface area contributed by atoms with Crippen molar-refractivity contribution in [1.82, 2.24) is 4.98 Å². The van der Waals surface area contributed by atoms with Gasteiger partial charge in [-0.05, 0) is 0 Å². The normalized spacial score (nSPS) is 8.00. The van der Waals surface area contributed by atoms with Crippen LogP contribution in [0.1, 0.15) is 0 Å². The molecular weight excluding hydrogens is 235 g/mol. The van der Waals surface area contributed by atoms with Crippen LogP contribution < -0.4 is 39.4 Å². The molecule has 0 aliphatic heterocycles. The van der Waals surface area contributed by atoms with Gasteiger partial charge in [-0.3, -0.25) is 10.1 Å². The fraction of sp³-hybridized carbons (Fsp3) is 0.286. The van der Waals surface area contributed by atoms with Gasteiger partial charge in [-0.1, -0.05) is 11.6 Å². The summed E-state index contributed by atoms with van der Waals surface area (Å²) in [4.78, 5) is 13.4. The molecule has 78 valence electrons. The van der Waals surface area contributed by atoms with Crippen LogP contribution in [-0.4, -0.2) is 24.1 Å². The smallest absolute Gasteiger partial charge is 0.857 e. The predicted molar refractivity (Wildman–Crippen MR) is 48.4 cm³/mol. The van der Waals surface area contributed by atoms with Crippen molar-refractivity contribution in [3.8, 4) is 5.88 Å². The minimum atomic E-state index is -0.599. The molecule has 0 saturated carbocycles. The van der Waals surface area contributed by atoms with Crippen LogP contribution in [-0.2, 0) is 0 Å². The fourth-order valence-electron chi connectivity index (χ4n) is 0.704. The molecular formula is C7H8ClN2NaO4. The number of halogens is 1. The van der Waals surface area contributed by atoms with Crippen LogP contribution in [0, 0.1) is 10.1 Å². The Bertz CT molecular complexity index is 324. The topological polar surface area (TPSA) is 88.3 Å². The van der Waals surface area contributed by atoms with Crippen LogP contribution in [0.15, 0.2) is 12.3 Å². The fourth-order valence-corrected chi connectivity index (χ4v) is 0.856. The Labute approximate surface area is 114 Å². The van der Waals surface area contributed by atoms with Gasteiger partial charge in [-0.25, -0.2) is 4.98 Å². The predicted octanol–water partition coefficient (Wildman–Crippen LogP) is -2.37. The van der Waals surface area contributed by atoms with Gasteiger partial charge in [-0.15, -0.1) is 0 Å². The monoisotopic (exact) mass is 242 g/mol. The van der Waals surface area contributed by atoms with E-state index in [1.165, 1.54) is 19.4 Å². The second-order valence-corrected chi connectivity index (χ2v) is 2.38. The maximum absolute atomic E-state index is 10.4. The van der Waals surface area contributed by atoms with Crippen LogP contribution in [0.3, 0.4) is 0 Å². The van der Waals surface area contributed by atoms with E-state index in [0.717, 1.165) is 7.11 Å². The van der Waals surface area contributed by atoms with Gasteiger partial charge < -0.3 is 9.84 Å². The molecule has 0 atom stereocenters. The Balaban J connectivity index is 0. The quantitative estimate of drug-likeness (QED) is 0.329. The molecule has 0 saturated heterocycles. The molecule has 1 aromatic heterocycles. The van der Waals surface area contributed by atoms with Crippen molar-refractivity contribution in [3.63, 3.8) is 0 Å². The minimum absolute atomic E-state index is 0. The first kappa shape index (κ1) is 17.0. The number of nitro groups is 1. The number of methoxy groups -OCH3 is 1. The van der Waals surface area contributed by atoms with Crippen molar-refractivity contribution in [2.45, 2.75) is 0 Å². The molecule has 0 aliphatic rings. The van der Waals surface area contributed by atoms with E-state index in [0.29, 0.717) is 0 Å². The molecule has 0 bridgehead atoms. The van der Waals surface area contributed by atoms with Crippen molar-refractivity contribution in [3.05, 3.63) is 27.4 Å². The number of pyridine rings is 1. The van der Waals surface area contributed by atoms with Crippen LogP contribution >= 0.6 is 11.6 Å². The molecule has 0 aliphatic carbocycles. The van der Waals surface area contributed by atoms with E-state index in [2.05, 4.69) is 9.72 Å². The number of aromatic nitrogens is 1. The van der Waals surface area contributed by atoms with Gasteiger partial charge in [0.15, 0.2) is 0 Å². The molecule has 0 radical (unpaired) electrons. The van der Waals surface area contributed by atoms with Crippen LogP contribution in [0.4, 0.5) is 5.69 Å². The average Bonchev–Trinajstić information content (AvgIpc) is 2.20. The van der Waals surface area contributed by atoms with E-state index >= 15 is 0 Å². The molecule has 1 heterocycles. The van der Waals surface area contributed by atoms with E-state index in [1.807, 2.05) is 0 Å². The third-order valence-corrected chi connectivity index (χ3v) is 1.40. The number of ether oxygens (including phenoxy) is 1. The first-order valence-corrected chi connectivity index (χ1v) is 3.77. The van der Waals surface area contributed by atoms with Crippen molar-refractivity contribution < 1.29 is 44.3 Å². The first-order valence-electron chi connectivity index (χ1n) is 3.40. The van der Waals surface area contributed by atoms with Crippen LogP contribution in [0.25, 0.3) is 0 Å². The van der Waals surface area contributed by atoms with E-state index in [-0.39, 0.29) is 46.1 Å². The van der Waals surface area contributed by atoms with E-state index in [4.69, 9.17) is 16.7 Å². The van der Waals surface area contributed by atoms with Gasteiger partial charge in [0.2, 0.25) is 0 Å². The van der Waals surface area contributed by atoms with Crippen LogP contribution in [0.5, 0.6) is 5.88 Å². The standard InChI is InChI=1S/C6H5ClN2O3.CH3O.Na/c1-12-6-5(9(10)11)2-4(7)3-8-6;1-2;/h2-3H,1H3;1H3;/q;-1;+1. The summed E-state index contributed by atoms with van der Waals surface area (Å²) < 4.78 is 4.65. The van der Waals surface area contributed by atoms with Gasteiger partial charge >= 0.3 is 35.2 Å². The number of hydrogen-bond donors (Lipinski definition) is 0. The van der Waals surface area contributed by atoms with E-state index in [9.17, 15) is 10.1 Å². The van der Waals surface area contributed by atoms with Gasteiger partial charge in [0.1, 0.15) is 0 Å². The minimum Gasteiger partial charge on any atom is -0.857 e. The van der Waals surface area contributed by atoms with Gasteiger partial charge in [-0.2, -0.15) is 7.11 Å². The molecule has 0 unspecified atom stereocenters. The second kappa shape index (κ2) is 8.87. The zero-order valence-corrected chi connectivity index (χ0v) is 11.3. The Kier molecular flexibility index (Phi) is 10.1. The van der Waals surface area contributed by atoms with Crippen molar-refractivity contribution in [2.24, 2.45) is 0 Å². The number of nitrogens with zero attached hydrogens (tertiary/aromatic N) is 2. The number of rotatable bonds is 2. The molecule has 0 fully saturated rings. The molecule has 0 amide bonds. The molecule has 0 spiro atoms. The van der Waals surface area contributed by atoms with Gasteiger partial charge in [0, 0.05) is 6.07 Å². The summed E-state index contributed by atoms with van der Waals surface area (Å²) in [7, 11) is 2.06. The molecule has 15 heavy (non-hydrogen) atoms. The Hall–Kier alpha value is -0.400.